The number of fused-ring (bicyclic) bond motifs is 1. The fraction of sp³-hybridized carbons (Fsp3) is 0.357. The zero-order chi connectivity index (χ0) is 14.5. The molecule has 0 spiro atoms. The number of carbonyl (C=O) groups is 1. The molecule has 106 valence electrons. The highest BCUT2D eigenvalue weighted by Crippen LogP contribution is 2.26. The van der Waals surface area contributed by atoms with E-state index in [1.807, 2.05) is 0 Å². The number of rotatable bonds is 5. The van der Waals surface area contributed by atoms with Crippen LogP contribution in [0.1, 0.15) is 19.4 Å². The van der Waals surface area contributed by atoms with Crippen LogP contribution in [0.15, 0.2) is 18.6 Å². The van der Waals surface area contributed by atoms with Crippen molar-refractivity contribution in [1.82, 2.24) is 15.0 Å². The van der Waals surface area contributed by atoms with Gasteiger partial charge in [-0.05, 0) is 12.0 Å². The first-order valence-electron chi connectivity index (χ1n) is 6.32. The Balaban J connectivity index is 2.36. The quantitative estimate of drug-likeness (QED) is 0.668. The Kier molecular flexibility index (Phi) is 4.34. The summed E-state index contributed by atoms with van der Waals surface area (Å²) in [5, 5.41) is 0.758. The van der Waals surface area contributed by atoms with Crippen molar-refractivity contribution in [3.63, 3.8) is 0 Å². The summed E-state index contributed by atoms with van der Waals surface area (Å²) in [4.78, 5) is 22.5. The third kappa shape index (κ3) is 3.14. The van der Waals surface area contributed by atoms with Crippen LogP contribution < -0.4 is 4.74 Å². The molecule has 0 saturated heterocycles. The number of aromatic nitrogens is 3. The Bertz CT molecular complexity index is 632. The number of nitrogens with zero attached hydrogens (tertiary/aromatic N) is 2. The summed E-state index contributed by atoms with van der Waals surface area (Å²) in [6.07, 6.45) is 6.20. The normalized spacial score (nSPS) is 11.4. The minimum atomic E-state index is -0.416. The number of H-pyrrole nitrogens is 1. The summed E-state index contributed by atoms with van der Waals surface area (Å²) in [6.45, 7) is 4.69. The number of ether oxygens (including phenoxy) is 2. The van der Waals surface area contributed by atoms with Gasteiger partial charge in [0.05, 0.1) is 19.1 Å². The molecular weight excluding hydrogens is 258 g/mol. The van der Waals surface area contributed by atoms with Crippen molar-refractivity contribution in [3.8, 4) is 5.88 Å². The summed E-state index contributed by atoms with van der Waals surface area (Å²) in [5.74, 6) is 0.489. The van der Waals surface area contributed by atoms with Crippen molar-refractivity contribution in [2.45, 2.75) is 13.8 Å². The SMILES string of the molecule is COC(=O)C=Cc1c[nH]c2ncnc(OCC(C)C)c12. The molecule has 0 fully saturated rings. The molecule has 2 aromatic rings. The van der Waals surface area contributed by atoms with Gasteiger partial charge in [0, 0.05) is 17.8 Å². The summed E-state index contributed by atoms with van der Waals surface area (Å²) in [7, 11) is 1.34. The molecule has 1 N–H and O–H groups in total. The van der Waals surface area contributed by atoms with Crippen LogP contribution in [0.5, 0.6) is 5.88 Å². The van der Waals surface area contributed by atoms with E-state index in [0.717, 1.165) is 10.9 Å². The summed E-state index contributed by atoms with van der Waals surface area (Å²) >= 11 is 0. The second kappa shape index (κ2) is 6.18. The molecule has 0 unspecified atom stereocenters. The highest BCUT2D eigenvalue weighted by molar-refractivity contribution is 5.94. The molecule has 0 aliphatic carbocycles. The van der Waals surface area contributed by atoms with Crippen molar-refractivity contribution in [3.05, 3.63) is 24.2 Å². The number of aromatic amines is 1. The van der Waals surface area contributed by atoms with Gasteiger partial charge in [0.2, 0.25) is 5.88 Å². The molecule has 2 aromatic heterocycles. The third-order valence-corrected chi connectivity index (χ3v) is 2.62. The van der Waals surface area contributed by atoms with Crippen molar-refractivity contribution in [2.75, 3.05) is 13.7 Å². The number of carbonyl (C=O) groups excluding carboxylic acids is 1. The zero-order valence-corrected chi connectivity index (χ0v) is 11.7. The Morgan fingerprint density at radius 2 is 2.25 bits per heavy atom. The first-order chi connectivity index (χ1) is 9.61. The molecule has 20 heavy (non-hydrogen) atoms. The Hall–Kier alpha value is -2.37. The van der Waals surface area contributed by atoms with E-state index in [4.69, 9.17) is 4.74 Å². The summed E-state index contributed by atoms with van der Waals surface area (Å²) in [5.41, 5.74) is 1.45. The molecule has 0 saturated carbocycles. The first kappa shape index (κ1) is 14.0. The first-order valence-corrected chi connectivity index (χ1v) is 6.32. The largest absolute Gasteiger partial charge is 0.477 e. The molecule has 0 atom stereocenters. The van der Waals surface area contributed by atoms with Crippen molar-refractivity contribution >= 4 is 23.1 Å². The minimum absolute atomic E-state index is 0.396. The highest BCUT2D eigenvalue weighted by atomic mass is 16.5. The van der Waals surface area contributed by atoms with E-state index in [1.165, 1.54) is 19.5 Å². The molecule has 6 nitrogen and oxygen atoms in total. The molecule has 0 bridgehead atoms. The van der Waals surface area contributed by atoms with Gasteiger partial charge >= 0.3 is 5.97 Å². The fourth-order valence-electron chi connectivity index (χ4n) is 1.67. The lowest BCUT2D eigenvalue weighted by Gasteiger charge is -2.08. The van der Waals surface area contributed by atoms with Crippen molar-refractivity contribution < 1.29 is 14.3 Å². The smallest absolute Gasteiger partial charge is 0.330 e. The predicted octanol–water partition coefficient (Wildman–Crippen LogP) is 2.18. The molecule has 0 aliphatic heterocycles. The molecular formula is C14H17N3O3. The summed E-state index contributed by atoms with van der Waals surface area (Å²) in [6, 6.07) is 0. The maximum absolute atomic E-state index is 11.2. The van der Waals surface area contributed by atoms with Gasteiger partial charge in [0.15, 0.2) is 0 Å². The van der Waals surface area contributed by atoms with Crippen molar-refractivity contribution in [2.24, 2.45) is 5.92 Å². The monoisotopic (exact) mass is 275 g/mol. The van der Waals surface area contributed by atoms with E-state index in [-0.39, 0.29) is 0 Å². The van der Waals surface area contributed by atoms with Gasteiger partial charge < -0.3 is 14.5 Å². The Morgan fingerprint density at radius 1 is 1.45 bits per heavy atom. The number of nitrogens with one attached hydrogen (secondary N) is 1. The van der Waals surface area contributed by atoms with Gasteiger partial charge in [-0.1, -0.05) is 13.8 Å². The Labute approximate surface area is 116 Å². The number of methoxy groups -OCH3 is 1. The summed E-state index contributed by atoms with van der Waals surface area (Å²) < 4.78 is 10.3. The van der Waals surface area contributed by atoms with Crippen LogP contribution in [0.3, 0.4) is 0 Å². The molecule has 0 radical (unpaired) electrons. The van der Waals surface area contributed by atoms with E-state index in [2.05, 4.69) is 33.5 Å². The van der Waals surface area contributed by atoms with E-state index in [9.17, 15) is 4.79 Å². The van der Waals surface area contributed by atoms with Gasteiger partial charge in [0.1, 0.15) is 12.0 Å². The average Bonchev–Trinajstić information content (AvgIpc) is 2.86. The van der Waals surface area contributed by atoms with Crippen LogP contribution >= 0.6 is 0 Å². The lowest BCUT2D eigenvalue weighted by Crippen LogP contribution is -2.06. The van der Waals surface area contributed by atoms with E-state index in [0.29, 0.717) is 24.1 Å². The van der Waals surface area contributed by atoms with Crippen LogP contribution in [0, 0.1) is 5.92 Å². The minimum Gasteiger partial charge on any atom is -0.477 e. The van der Waals surface area contributed by atoms with Gasteiger partial charge in [-0.15, -0.1) is 0 Å². The fourth-order valence-corrected chi connectivity index (χ4v) is 1.67. The van der Waals surface area contributed by atoms with E-state index >= 15 is 0 Å². The van der Waals surface area contributed by atoms with Crippen LogP contribution in [-0.2, 0) is 9.53 Å². The number of esters is 1. The van der Waals surface area contributed by atoms with Crippen molar-refractivity contribution in [1.29, 1.82) is 0 Å². The van der Waals surface area contributed by atoms with E-state index < -0.39 is 5.97 Å². The molecule has 6 heteroatoms. The molecule has 0 aliphatic rings. The lowest BCUT2D eigenvalue weighted by molar-refractivity contribution is -0.134. The van der Waals surface area contributed by atoms with Gasteiger partial charge in [-0.3, -0.25) is 0 Å². The van der Waals surface area contributed by atoms with Gasteiger partial charge in [-0.25, -0.2) is 14.8 Å². The Morgan fingerprint density at radius 3 is 2.95 bits per heavy atom. The third-order valence-electron chi connectivity index (χ3n) is 2.62. The molecule has 2 rings (SSSR count). The second-order valence-electron chi connectivity index (χ2n) is 4.71. The van der Waals surface area contributed by atoms with Crippen LogP contribution in [-0.4, -0.2) is 34.6 Å². The van der Waals surface area contributed by atoms with Crippen LogP contribution in [0.4, 0.5) is 0 Å². The zero-order valence-electron chi connectivity index (χ0n) is 11.7. The van der Waals surface area contributed by atoms with Crippen LogP contribution in [0.2, 0.25) is 0 Å². The predicted molar refractivity (Wildman–Crippen MR) is 75.3 cm³/mol. The molecule has 0 amide bonds. The van der Waals surface area contributed by atoms with Crippen LogP contribution in [0.25, 0.3) is 17.1 Å². The molecule has 0 aromatic carbocycles. The van der Waals surface area contributed by atoms with E-state index in [1.54, 1.807) is 12.3 Å². The lowest BCUT2D eigenvalue weighted by atomic mass is 10.2. The van der Waals surface area contributed by atoms with Gasteiger partial charge in [-0.2, -0.15) is 0 Å². The number of hydrogen-bond acceptors (Lipinski definition) is 5. The standard InChI is InChI=1S/C14H17N3O3/c1-9(2)7-20-14-12-10(4-5-11(18)19-3)6-15-13(12)16-8-17-14/h4-6,8-9H,7H2,1-3H3,(H,15,16,17). The maximum atomic E-state index is 11.2. The highest BCUT2D eigenvalue weighted by Gasteiger charge is 2.11. The van der Waals surface area contributed by atoms with Gasteiger partial charge in [0.25, 0.3) is 0 Å². The number of hydrogen-bond donors (Lipinski definition) is 1. The topological polar surface area (TPSA) is 77.1 Å². The second-order valence-corrected chi connectivity index (χ2v) is 4.71. The average molecular weight is 275 g/mol. The maximum Gasteiger partial charge on any atom is 0.330 e. The molecule has 2 heterocycles.